The summed E-state index contributed by atoms with van der Waals surface area (Å²) in [5.41, 5.74) is 2.20. The van der Waals surface area contributed by atoms with Crippen LogP contribution in [0.3, 0.4) is 0 Å². The molecule has 0 aromatic carbocycles. The van der Waals surface area contributed by atoms with Gasteiger partial charge in [0.25, 0.3) is 0 Å². The van der Waals surface area contributed by atoms with Crippen LogP contribution in [-0.4, -0.2) is 4.98 Å². The molecule has 1 atom stereocenters. The summed E-state index contributed by atoms with van der Waals surface area (Å²) in [6, 6.07) is 8.24. The maximum atomic E-state index is 5.54. The molecule has 0 bridgehead atoms. The van der Waals surface area contributed by atoms with Gasteiger partial charge in [-0.2, -0.15) is 0 Å². The summed E-state index contributed by atoms with van der Waals surface area (Å²) in [5.74, 6) is 2.81. The highest BCUT2D eigenvalue weighted by atomic mass is 16.3. The van der Waals surface area contributed by atoms with Crippen molar-refractivity contribution in [3.8, 4) is 0 Å². The summed E-state index contributed by atoms with van der Waals surface area (Å²) < 4.78 is 5.54. The van der Waals surface area contributed by atoms with Crippen molar-refractivity contribution in [2.24, 2.45) is 0 Å². The first-order valence-corrected chi connectivity index (χ1v) is 5.83. The molecule has 0 saturated heterocycles. The first-order valence-electron chi connectivity index (χ1n) is 5.83. The van der Waals surface area contributed by atoms with Crippen LogP contribution in [0.5, 0.6) is 0 Å². The van der Waals surface area contributed by atoms with E-state index in [9.17, 15) is 0 Å². The Morgan fingerprint density at radius 1 is 1.24 bits per heavy atom. The predicted molar refractivity (Wildman–Crippen MR) is 69.2 cm³/mol. The van der Waals surface area contributed by atoms with E-state index in [2.05, 4.69) is 23.3 Å². The van der Waals surface area contributed by atoms with Gasteiger partial charge < -0.3 is 9.73 Å². The zero-order chi connectivity index (χ0) is 12.4. The predicted octanol–water partition coefficient (Wildman–Crippen LogP) is 3.77. The van der Waals surface area contributed by atoms with E-state index in [0.29, 0.717) is 0 Å². The summed E-state index contributed by atoms with van der Waals surface area (Å²) in [5, 5.41) is 3.38. The summed E-state index contributed by atoms with van der Waals surface area (Å²) in [6.45, 7) is 8.06. The fourth-order valence-corrected chi connectivity index (χ4v) is 2.00. The molecule has 2 aromatic rings. The molecular formula is C14H18N2O. The third-order valence-electron chi connectivity index (χ3n) is 2.80. The molecule has 17 heavy (non-hydrogen) atoms. The number of anilines is 1. The van der Waals surface area contributed by atoms with Crippen LogP contribution in [0.4, 0.5) is 5.82 Å². The number of nitrogens with one attached hydrogen (secondary N) is 1. The van der Waals surface area contributed by atoms with E-state index < -0.39 is 0 Å². The van der Waals surface area contributed by atoms with Gasteiger partial charge in [-0.25, -0.2) is 4.98 Å². The van der Waals surface area contributed by atoms with Crippen molar-refractivity contribution in [2.45, 2.75) is 33.7 Å². The summed E-state index contributed by atoms with van der Waals surface area (Å²) in [4.78, 5) is 4.43. The number of aromatic nitrogens is 1. The maximum Gasteiger partial charge on any atom is 0.126 e. The number of nitrogens with zero attached hydrogens (tertiary/aromatic N) is 1. The largest absolute Gasteiger partial charge is 0.466 e. The summed E-state index contributed by atoms with van der Waals surface area (Å²) >= 11 is 0. The molecule has 2 rings (SSSR count). The minimum atomic E-state index is 0.196. The third kappa shape index (κ3) is 2.67. The van der Waals surface area contributed by atoms with Crippen LogP contribution in [0, 0.1) is 20.8 Å². The van der Waals surface area contributed by atoms with Crippen LogP contribution in [0.2, 0.25) is 0 Å². The molecule has 0 amide bonds. The van der Waals surface area contributed by atoms with E-state index >= 15 is 0 Å². The molecule has 0 aliphatic carbocycles. The molecule has 0 aliphatic rings. The molecule has 1 N–H and O–H groups in total. The Balaban J connectivity index is 2.16. The van der Waals surface area contributed by atoms with Gasteiger partial charge in [-0.05, 0) is 45.9 Å². The standard InChI is InChI=1S/C14H18N2O/c1-9-6-5-7-14(15-9)16-11(3)13-8-10(2)17-12(13)4/h5-8,11H,1-4H3,(H,15,16). The van der Waals surface area contributed by atoms with Crippen LogP contribution >= 0.6 is 0 Å². The Morgan fingerprint density at radius 2 is 2.00 bits per heavy atom. The Labute approximate surface area is 102 Å². The Kier molecular flexibility index (Phi) is 3.18. The maximum absolute atomic E-state index is 5.54. The molecule has 1 unspecified atom stereocenters. The topological polar surface area (TPSA) is 38.1 Å². The van der Waals surface area contributed by atoms with E-state index in [4.69, 9.17) is 4.42 Å². The second kappa shape index (κ2) is 4.62. The lowest BCUT2D eigenvalue weighted by molar-refractivity contribution is 0.500. The van der Waals surface area contributed by atoms with E-state index in [1.807, 2.05) is 39.0 Å². The average molecular weight is 230 g/mol. The van der Waals surface area contributed by atoms with Crippen LogP contribution < -0.4 is 5.32 Å². The zero-order valence-electron chi connectivity index (χ0n) is 10.7. The van der Waals surface area contributed by atoms with Gasteiger partial charge in [0, 0.05) is 11.3 Å². The quantitative estimate of drug-likeness (QED) is 0.872. The molecule has 3 nitrogen and oxygen atoms in total. The van der Waals surface area contributed by atoms with Gasteiger partial charge in [0.2, 0.25) is 0 Å². The van der Waals surface area contributed by atoms with Gasteiger partial charge in [-0.15, -0.1) is 0 Å². The number of furan rings is 1. The lowest BCUT2D eigenvalue weighted by atomic mass is 10.1. The SMILES string of the molecule is Cc1cccc(NC(C)c2cc(C)oc2C)n1. The fourth-order valence-electron chi connectivity index (χ4n) is 2.00. The second-order valence-electron chi connectivity index (χ2n) is 4.40. The molecule has 0 saturated carbocycles. The number of pyridine rings is 1. The fraction of sp³-hybridized carbons (Fsp3) is 0.357. The Bertz CT molecular complexity index is 517. The molecule has 2 heterocycles. The van der Waals surface area contributed by atoms with Crippen molar-refractivity contribution in [3.63, 3.8) is 0 Å². The Morgan fingerprint density at radius 3 is 2.59 bits per heavy atom. The van der Waals surface area contributed by atoms with Crippen molar-refractivity contribution < 1.29 is 4.42 Å². The monoisotopic (exact) mass is 230 g/mol. The van der Waals surface area contributed by atoms with Crippen LogP contribution in [0.15, 0.2) is 28.7 Å². The number of hydrogen-bond acceptors (Lipinski definition) is 3. The molecule has 0 spiro atoms. The molecule has 0 fully saturated rings. The van der Waals surface area contributed by atoms with E-state index in [1.54, 1.807) is 0 Å². The van der Waals surface area contributed by atoms with Crippen LogP contribution in [0.25, 0.3) is 0 Å². The highest BCUT2D eigenvalue weighted by Gasteiger charge is 2.12. The molecule has 3 heteroatoms. The van der Waals surface area contributed by atoms with E-state index in [-0.39, 0.29) is 6.04 Å². The molecule has 90 valence electrons. The number of hydrogen-bond donors (Lipinski definition) is 1. The molecular weight excluding hydrogens is 212 g/mol. The average Bonchev–Trinajstić information content (AvgIpc) is 2.58. The third-order valence-corrected chi connectivity index (χ3v) is 2.80. The van der Waals surface area contributed by atoms with Crippen molar-refractivity contribution in [1.82, 2.24) is 4.98 Å². The van der Waals surface area contributed by atoms with Gasteiger partial charge in [-0.3, -0.25) is 0 Å². The van der Waals surface area contributed by atoms with Gasteiger partial charge in [0.1, 0.15) is 17.3 Å². The molecule has 0 aliphatic heterocycles. The van der Waals surface area contributed by atoms with Gasteiger partial charge in [0.15, 0.2) is 0 Å². The van der Waals surface area contributed by atoms with Gasteiger partial charge in [0.05, 0.1) is 6.04 Å². The lowest BCUT2D eigenvalue weighted by Gasteiger charge is -2.14. The smallest absolute Gasteiger partial charge is 0.126 e. The zero-order valence-corrected chi connectivity index (χ0v) is 10.7. The summed E-state index contributed by atoms with van der Waals surface area (Å²) in [7, 11) is 0. The minimum Gasteiger partial charge on any atom is -0.466 e. The van der Waals surface area contributed by atoms with Crippen LogP contribution in [-0.2, 0) is 0 Å². The normalized spacial score (nSPS) is 12.5. The highest BCUT2D eigenvalue weighted by molar-refractivity contribution is 5.39. The Hall–Kier alpha value is -1.77. The number of aryl methyl sites for hydroxylation is 3. The first kappa shape index (κ1) is 11.7. The van der Waals surface area contributed by atoms with Crippen molar-refractivity contribution >= 4 is 5.82 Å². The number of rotatable bonds is 3. The van der Waals surface area contributed by atoms with E-state index in [1.165, 1.54) is 5.56 Å². The molecule has 0 radical (unpaired) electrons. The van der Waals surface area contributed by atoms with Gasteiger partial charge in [-0.1, -0.05) is 6.07 Å². The van der Waals surface area contributed by atoms with Crippen molar-refractivity contribution in [2.75, 3.05) is 5.32 Å². The molecule has 2 aromatic heterocycles. The van der Waals surface area contributed by atoms with Crippen molar-refractivity contribution in [1.29, 1.82) is 0 Å². The minimum absolute atomic E-state index is 0.196. The van der Waals surface area contributed by atoms with Crippen LogP contribution in [0.1, 0.15) is 35.7 Å². The highest BCUT2D eigenvalue weighted by Crippen LogP contribution is 2.24. The van der Waals surface area contributed by atoms with Gasteiger partial charge >= 0.3 is 0 Å². The second-order valence-corrected chi connectivity index (χ2v) is 4.40. The lowest BCUT2D eigenvalue weighted by Crippen LogP contribution is -2.08. The first-order chi connectivity index (χ1) is 8.06. The summed E-state index contributed by atoms with van der Waals surface area (Å²) in [6.07, 6.45) is 0. The van der Waals surface area contributed by atoms with E-state index in [0.717, 1.165) is 23.0 Å². The van der Waals surface area contributed by atoms with Crippen molar-refractivity contribution in [3.05, 3.63) is 47.0 Å².